The zero-order valence-electron chi connectivity index (χ0n) is 38.8. The minimum absolute atomic E-state index is 0.104. The summed E-state index contributed by atoms with van der Waals surface area (Å²) in [6.45, 7) is 33.7. The van der Waals surface area contributed by atoms with Crippen LogP contribution in [-0.2, 0) is 14.6 Å². The molecule has 0 heterocycles. The number of benzene rings is 2. The Morgan fingerprint density at radius 3 is 0.709 bits per heavy atom. The quantitative estimate of drug-likeness (QED) is 0.204. The Morgan fingerprint density at radius 2 is 0.673 bits per heavy atom. The maximum atomic E-state index is 11.6. The number of rotatable bonds is 0. The highest BCUT2D eigenvalue weighted by Gasteiger charge is 2.64. The first kappa shape index (κ1) is 76.9. The van der Waals surface area contributed by atoms with Gasteiger partial charge in [0.05, 0.1) is 0 Å². The van der Waals surface area contributed by atoms with Gasteiger partial charge in [-0.2, -0.15) is 26.3 Å². The predicted octanol–water partition coefficient (Wildman–Crippen LogP) is 15.8. The zero-order valence-corrected chi connectivity index (χ0v) is 39.7. The number of ether oxygens (including phenoxy) is 1. The van der Waals surface area contributed by atoms with Crippen molar-refractivity contribution in [2.45, 2.75) is 156 Å². The van der Waals surface area contributed by atoms with Gasteiger partial charge in [0.25, 0.3) is 0 Å². The maximum absolute atomic E-state index is 11.6. The van der Waals surface area contributed by atoms with Crippen molar-refractivity contribution >= 4 is 9.84 Å². The molecule has 0 fully saturated rings. The van der Waals surface area contributed by atoms with Crippen molar-refractivity contribution in [3.05, 3.63) is 72.8 Å². The van der Waals surface area contributed by atoms with Gasteiger partial charge in [0.15, 0.2) is 5.41 Å². The van der Waals surface area contributed by atoms with Crippen LogP contribution in [0.1, 0.15) is 144 Å². The number of sulfone groups is 1. The number of methoxy groups -OCH3 is 1. The molecule has 0 saturated heterocycles. The molecular formula is C43H86F6O5S. The summed E-state index contributed by atoms with van der Waals surface area (Å²) in [5, 5.41) is 17.3. The number of hydrogen-bond acceptors (Lipinski definition) is 5. The minimum Gasteiger partial charge on any atom is -0.508 e. The smallest absolute Gasteiger partial charge is 0.402 e. The van der Waals surface area contributed by atoms with E-state index in [9.17, 15) is 34.8 Å². The van der Waals surface area contributed by atoms with Gasteiger partial charge in [-0.05, 0) is 57.4 Å². The third kappa shape index (κ3) is 120. The van der Waals surface area contributed by atoms with Gasteiger partial charge in [0.2, 0.25) is 0 Å². The Labute approximate surface area is 336 Å². The number of alkyl halides is 6. The molecule has 2 rings (SSSR count). The second-order valence-corrected chi connectivity index (χ2v) is 14.9. The van der Waals surface area contributed by atoms with E-state index in [1.165, 1.54) is 19.3 Å². The number of phenols is 2. The SMILES string of the molecule is CC.CC.CC(C)(C(F)(F)F)C(F)(F)F.CC(C)(C)C.CC=CC.CCC.CCC.CCC.COC.CS(C)(=O)=O.Oc1ccccc1.Oc1ccccc1. The van der Waals surface area contributed by atoms with Gasteiger partial charge in [-0.15, -0.1) is 0 Å². The van der Waals surface area contributed by atoms with Crippen LogP contribution in [0.15, 0.2) is 72.8 Å². The lowest BCUT2D eigenvalue weighted by Crippen LogP contribution is -2.44. The van der Waals surface area contributed by atoms with Crippen LogP contribution in [0.2, 0.25) is 0 Å². The molecule has 5 nitrogen and oxygen atoms in total. The van der Waals surface area contributed by atoms with Gasteiger partial charge < -0.3 is 14.9 Å². The van der Waals surface area contributed by atoms with Gasteiger partial charge >= 0.3 is 12.4 Å². The monoisotopic (exact) mass is 829 g/mol. The highest BCUT2D eigenvalue weighted by molar-refractivity contribution is 7.89. The molecule has 336 valence electrons. The molecule has 0 atom stereocenters. The van der Waals surface area contributed by atoms with E-state index in [1.807, 2.05) is 65.8 Å². The fourth-order valence-electron chi connectivity index (χ4n) is 1.02. The molecule has 0 aliphatic carbocycles. The van der Waals surface area contributed by atoms with Crippen LogP contribution in [0.4, 0.5) is 26.3 Å². The molecule has 0 saturated carbocycles. The zero-order chi connectivity index (χ0) is 47.0. The predicted molar refractivity (Wildman–Crippen MR) is 232 cm³/mol. The molecule has 0 spiro atoms. The molecule has 2 aromatic rings. The van der Waals surface area contributed by atoms with Crippen LogP contribution >= 0.6 is 0 Å². The summed E-state index contributed by atoms with van der Waals surface area (Å²) >= 11 is 0. The minimum atomic E-state index is -5.24. The molecule has 0 bridgehead atoms. The summed E-state index contributed by atoms with van der Waals surface area (Å²) in [4.78, 5) is 0. The molecule has 0 aliphatic heterocycles. The number of aromatic hydroxyl groups is 2. The van der Waals surface area contributed by atoms with Gasteiger partial charge in [-0.1, -0.05) is 165 Å². The molecule has 2 N–H and O–H groups in total. The standard InChI is InChI=1S/2C6H6O.C5H6F6.C5H12.C4H8.3C3H8.C2H6O2S.C2H6O.2C2H6/c2*7-6-4-2-1-3-5-6;1-3(2,4(6,7)8)5(9,10)11;1-5(2,3)4;1-3-4-2;3*1-3-2;1-5(2,3)4;1-3-2;2*1-2/h2*1-5,7H;1-2H3;1-4H3;3-4H,1-2H3;3*3H2,1-2H3;1-2H3;1-2H3;2*1-2H3. The van der Waals surface area contributed by atoms with Crippen LogP contribution < -0.4 is 0 Å². The Hall–Kier alpha value is -2.73. The highest BCUT2D eigenvalue weighted by atomic mass is 32.2. The summed E-state index contributed by atoms with van der Waals surface area (Å²) in [7, 11) is 0.583. The molecule has 0 radical (unpaired) electrons. The average molecular weight is 829 g/mol. The highest BCUT2D eigenvalue weighted by Crippen LogP contribution is 2.49. The first-order valence-electron chi connectivity index (χ1n) is 18.6. The Bertz CT molecular complexity index is 956. The van der Waals surface area contributed by atoms with E-state index in [4.69, 9.17) is 10.2 Å². The van der Waals surface area contributed by atoms with E-state index in [-0.39, 0.29) is 13.8 Å². The van der Waals surface area contributed by atoms with Crippen molar-refractivity contribution in [1.82, 2.24) is 0 Å². The fourth-order valence-corrected chi connectivity index (χ4v) is 1.02. The molecular weight excluding hydrogens is 743 g/mol. The van der Waals surface area contributed by atoms with Crippen molar-refractivity contribution in [3.8, 4) is 11.5 Å². The van der Waals surface area contributed by atoms with Gasteiger partial charge in [0, 0.05) is 26.7 Å². The third-order valence-corrected chi connectivity index (χ3v) is 3.26. The number of hydrogen-bond donors (Lipinski definition) is 2. The molecule has 0 amide bonds. The van der Waals surface area contributed by atoms with Crippen LogP contribution in [0.25, 0.3) is 0 Å². The molecule has 12 heteroatoms. The average Bonchev–Trinajstić information content (AvgIpc) is 3.03. The largest absolute Gasteiger partial charge is 0.508 e. The number of halogens is 6. The Morgan fingerprint density at radius 1 is 0.545 bits per heavy atom. The van der Waals surface area contributed by atoms with E-state index >= 15 is 0 Å². The second-order valence-electron chi connectivity index (χ2n) is 12.6. The van der Waals surface area contributed by atoms with Crippen molar-refractivity contribution in [3.63, 3.8) is 0 Å². The number of allylic oxidation sites excluding steroid dienone is 2. The van der Waals surface area contributed by atoms with Crippen LogP contribution in [0, 0.1) is 10.8 Å². The van der Waals surface area contributed by atoms with E-state index in [2.05, 4.69) is 74.0 Å². The van der Waals surface area contributed by atoms with E-state index < -0.39 is 27.6 Å². The normalized spacial score (nSPS) is 9.60. The summed E-state index contributed by atoms with van der Waals surface area (Å²) < 4.78 is 93.2. The first-order valence-corrected chi connectivity index (χ1v) is 20.9. The Balaban J connectivity index is -0.0000000523. The summed E-state index contributed by atoms with van der Waals surface area (Å²) in [6.07, 6.45) is -0.420. The molecule has 0 aromatic heterocycles. The molecule has 0 aliphatic rings. The molecule has 0 unspecified atom stereocenters. The van der Waals surface area contributed by atoms with Crippen LogP contribution in [0.3, 0.4) is 0 Å². The van der Waals surface area contributed by atoms with Crippen molar-refractivity contribution in [2.24, 2.45) is 10.8 Å². The summed E-state index contributed by atoms with van der Waals surface area (Å²) in [6, 6.07) is 17.4. The lowest BCUT2D eigenvalue weighted by atomic mass is 9.92. The van der Waals surface area contributed by atoms with E-state index in [0.717, 1.165) is 12.5 Å². The van der Waals surface area contributed by atoms with Gasteiger partial charge in [-0.25, -0.2) is 8.42 Å². The topological polar surface area (TPSA) is 83.8 Å². The summed E-state index contributed by atoms with van der Waals surface area (Å²) in [5.74, 6) is 0.644. The summed E-state index contributed by atoms with van der Waals surface area (Å²) in [5.41, 5.74) is -3.12. The van der Waals surface area contributed by atoms with Crippen molar-refractivity contribution in [2.75, 3.05) is 26.7 Å². The maximum Gasteiger partial charge on any atom is 0.402 e. The van der Waals surface area contributed by atoms with Crippen LogP contribution in [0.5, 0.6) is 11.5 Å². The number of para-hydroxylation sites is 2. The van der Waals surface area contributed by atoms with Gasteiger partial charge in [-0.3, -0.25) is 0 Å². The molecule has 2 aromatic carbocycles. The van der Waals surface area contributed by atoms with E-state index in [1.54, 1.807) is 62.8 Å². The van der Waals surface area contributed by atoms with E-state index in [0.29, 0.717) is 16.9 Å². The second kappa shape index (κ2) is 53.4. The van der Waals surface area contributed by atoms with Crippen molar-refractivity contribution < 1.29 is 49.7 Å². The number of phenolic OH excluding ortho intramolecular Hbond substituents is 2. The van der Waals surface area contributed by atoms with Crippen LogP contribution in [-0.4, -0.2) is 57.7 Å². The molecule has 55 heavy (non-hydrogen) atoms. The van der Waals surface area contributed by atoms with Crippen molar-refractivity contribution in [1.29, 1.82) is 0 Å². The lowest BCUT2D eigenvalue weighted by molar-refractivity contribution is -0.327. The van der Waals surface area contributed by atoms with Gasteiger partial charge in [0.1, 0.15) is 21.3 Å². The third-order valence-electron chi connectivity index (χ3n) is 3.26. The Kier molecular flexibility index (Phi) is 74.6. The lowest BCUT2D eigenvalue weighted by Gasteiger charge is -2.29. The fraction of sp³-hybridized carbons (Fsp3) is 0.674. The first-order chi connectivity index (χ1) is 24.9.